The highest BCUT2D eigenvalue weighted by Crippen LogP contribution is 2.29. The zero-order valence-corrected chi connectivity index (χ0v) is 16.3. The molecule has 0 aliphatic carbocycles. The van der Waals surface area contributed by atoms with E-state index in [0.29, 0.717) is 11.5 Å². The van der Waals surface area contributed by atoms with Gasteiger partial charge in [0.15, 0.2) is 17.5 Å². The summed E-state index contributed by atoms with van der Waals surface area (Å²) < 4.78 is 10.5. The van der Waals surface area contributed by atoms with Gasteiger partial charge < -0.3 is 25.0 Å². The molecule has 1 rings (SSSR count). The molecule has 0 bridgehead atoms. The average Bonchev–Trinajstić information content (AvgIpc) is 2.53. The number of nitrogens with one attached hydrogen (secondary N) is 2. The van der Waals surface area contributed by atoms with Gasteiger partial charge in [0.25, 0.3) is 0 Å². The summed E-state index contributed by atoms with van der Waals surface area (Å²) in [5, 5.41) is 6.51. The van der Waals surface area contributed by atoms with Crippen LogP contribution in [0.25, 0.3) is 0 Å². The van der Waals surface area contributed by atoms with E-state index in [-0.39, 0.29) is 24.0 Å². The number of hydrogen-bond acceptors (Lipinski definition) is 4. The van der Waals surface area contributed by atoms with Crippen LogP contribution in [-0.2, 0) is 0 Å². The zero-order chi connectivity index (χ0) is 15.7. The minimum Gasteiger partial charge on any atom is -0.493 e. The van der Waals surface area contributed by atoms with Crippen LogP contribution < -0.4 is 20.1 Å². The predicted octanol–water partition coefficient (Wildman–Crippen LogP) is 2.26. The smallest absolute Gasteiger partial charge is 0.195 e. The van der Waals surface area contributed by atoms with Gasteiger partial charge in [0.1, 0.15) is 0 Å². The molecule has 0 heterocycles. The molecule has 126 valence electrons. The third-order valence-electron chi connectivity index (χ3n) is 3.20. The summed E-state index contributed by atoms with van der Waals surface area (Å²) in [6.45, 7) is 4.96. The second-order valence-electron chi connectivity index (χ2n) is 4.59. The molecule has 0 atom stereocenters. The van der Waals surface area contributed by atoms with Crippen LogP contribution in [-0.4, -0.2) is 58.8 Å². The minimum absolute atomic E-state index is 0. The van der Waals surface area contributed by atoms with E-state index in [1.807, 2.05) is 18.2 Å². The van der Waals surface area contributed by atoms with Crippen molar-refractivity contribution in [2.45, 2.75) is 6.92 Å². The Morgan fingerprint density at radius 1 is 1.23 bits per heavy atom. The third-order valence-corrected chi connectivity index (χ3v) is 3.20. The van der Waals surface area contributed by atoms with Crippen LogP contribution in [0, 0.1) is 0 Å². The Bertz CT molecular complexity index is 469. The Kier molecular flexibility index (Phi) is 10.7. The van der Waals surface area contributed by atoms with Gasteiger partial charge in [-0.15, -0.1) is 24.0 Å². The van der Waals surface area contributed by atoms with E-state index in [2.05, 4.69) is 34.5 Å². The number of likely N-dealkylation sites (N-methyl/N-ethyl adjacent to an activating group) is 1. The topological polar surface area (TPSA) is 58.1 Å². The molecule has 0 saturated carbocycles. The fraction of sp³-hybridized carbons (Fsp3) is 0.533. The average molecular weight is 422 g/mol. The van der Waals surface area contributed by atoms with Crippen LogP contribution in [0.5, 0.6) is 11.5 Å². The fourth-order valence-corrected chi connectivity index (χ4v) is 1.75. The Morgan fingerprint density at radius 2 is 1.91 bits per heavy atom. The number of benzene rings is 1. The molecule has 0 unspecified atom stereocenters. The van der Waals surface area contributed by atoms with E-state index in [4.69, 9.17) is 9.47 Å². The van der Waals surface area contributed by atoms with E-state index in [9.17, 15) is 0 Å². The quantitative estimate of drug-likeness (QED) is 0.401. The van der Waals surface area contributed by atoms with Crippen molar-refractivity contribution in [3.63, 3.8) is 0 Å². The van der Waals surface area contributed by atoms with E-state index in [1.165, 1.54) is 0 Å². The van der Waals surface area contributed by atoms with Gasteiger partial charge in [-0.1, -0.05) is 6.92 Å². The van der Waals surface area contributed by atoms with Crippen LogP contribution in [0.4, 0.5) is 5.69 Å². The second-order valence-corrected chi connectivity index (χ2v) is 4.59. The molecular formula is C15H27IN4O2. The van der Waals surface area contributed by atoms with Gasteiger partial charge in [0.2, 0.25) is 0 Å². The summed E-state index contributed by atoms with van der Waals surface area (Å²) in [5.74, 6) is 2.12. The standard InChI is InChI=1S/C15H26N4O2.HI/c1-6-19(3)10-9-17-15(16-2)18-12-7-8-13(20-4)14(11-12)21-5;/h7-8,11H,6,9-10H2,1-5H3,(H2,16,17,18);1H. The molecule has 6 nitrogen and oxygen atoms in total. The molecule has 0 aromatic heterocycles. The largest absolute Gasteiger partial charge is 0.493 e. The molecule has 2 N–H and O–H groups in total. The molecule has 0 spiro atoms. The van der Waals surface area contributed by atoms with Gasteiger partial charge in [0, 0.05) is 31.9 Å². The van der Waals surface area contributed by atoms with Gasteiger partial charge in [-0.3, -0.25) is 4.99 Å². The summed E-state index contributed by atoms with van der Waals surface area (Å²) in [4.78, 5) is 6.44. The van der Waals surface area contributed by atoms with Crippen LogP contribution in [0.3, 0.4) is 0 Å². The van der Waals surface area contributed by atoms with Crippen LogP contribution >= 0.6 is 24.0 Å². The number of anilines is 1. The number of rotatable bonds is 7. The lowest BCUT2D eigenvalue weighted by atomic mass is 10.3. The first-order chi connectivity index (χ1) is 10.1. The molecule has 0 amide bonds. The number of aliphatic imine (C=N–C) groups is 1. The van der Waals surface area contributed by atoms with E-state index < -0.39 is 0 Å². The summed E-state index contributed by atoms with van der Waals surface area (Å²) in [5.41, 5.74) is 0.893. The lowest BCUT2D eigenvalue weighted by Crippen LogP contribution is -2.36. The summed E-state index contributed by atoms with van der Waals surface area (Å²) in [7, 11) is 7.08. The van der Waals surface area contributed by atoms with Crippen molar-refractivity contribution in [1.29, 1.82) is 0 Å². The van der Waals surface area contributed by atoms with Crippen molar-refractivity contribution in [2.24, 2.45) is 4.99 Å². The third kappa shape index (κ3) is 6.69. The molecule has 1 aromatic rings. The number of halogens is 1. The molecule has 0 fully saturated rings. The van der Waals surface area contributed by atoms with Crippen LogP contribution in [0.2, 0.25) is 0 Å². The summed E-state index contributed by atoms with van der Waals surface area (Å²) in [6, 6.07) is 5.66. The van der Waals surface area contributed by atoms with Gasteiger partial charge in [0.05, 0.1) is 14.2 Å². The van der Waals surface area contributed by atoms with E-state index in [0.717, 1.165) is 31.3 Å². The second kappa shape index (κ2) is 11.4. The molecule has 22 heavy (non-hydrogen) atoms. The Balaban J connectivity index is 0.00000441. The van der Waals surface area contributed by atoms with Crippen LogP contribution in [0.15, 0.2) is 23.2 Å². The van der Waals surface area contributed by atoms with E-state index in [1.54, 1.807) is 21.3 Å². The molecule has 0 radical (unpaired) electrons. The number of hydrogen-bond donors (Lipinski definition) is 2. The highest BCUT2D eigenvalue weighted by molar-refractivity contribution is 14.0. The molecule has 0 saturated heterocycles. The van der Waals surface area contributed by atoms with Gasteiger partial charge in [-0.25, -0.2) is 0 Å². The lowest BCUT2D eigenvalue weighted by molar-refractivity contribution is 0.355. The molecule has 0 aliphatic heterocycles. The zero-order valence-electron chi connectivity index (χ0n) is 14.0. The Labute approximate surface area is 150 Å². The number of guanidine groups is 1. The Morgan fingerprint density at radius 3 is 2.45 bits per heavy atom. The number of ether oxygens (including phenoxy) is 2. The first-order valence-electron chi connectivity index (χ1n) is 7.02. The molecule has 0 aliphatic rings. The highest BCUT2D eigenvalue weighted by Gasteiger charge is 2.06. The van der Waals surface area contributed by atoms with E-state index >= 15 is 0 Å². The van der Waals surface area contributed by atoms with Crippen LogP contribution in [0.1, 0.15) is 6.92 Å². The Hall–Kier alpha value is -1.22. The summed E-state index contributed by atoms with van der Waals surface area (Å²) in [6.07, 6.45) is 0. The van der Waals surface area contributed by atoms with Crippen molar-refractivity contribution in [3.8, 4) is 11.5 Å². The molecular weight excluding hydrogens is 395 g/mol. The predicted molar refractivity (Wildman–Crippen MR) is 103 cm³/mol. The number of nitrogens with zero attached hydrogens (tertiary/aromatic N) is 2. The number of methoxy groups -OCH3 is 2. The first kappa shape index (κ1) is 20.8. The molecule has 1 aromatic carbocycles. The molecule has 7 heteroatoms. The fourth-order valence-electron chi connectivity index (χ4n) is 1.75. The minimum atomic E-state index is 0. The van der Waals surface area contributed by atoms with Crippen molar-refractivity contribution in [3.05, 3.63) is 18.2 Å². The van der Waals surface area contributed by atoms with Crippen molar-refractivity contribution in [1.82, 2.24) is 10.2 Å². The monoisotopic (exact) mass is 422 g/mol. The SMILES string of the molecule is CCN(C)CCNC(=NC)Nc1ccc(OC)c(OC)c1.I. The maximum Gasteiger partial charge on any atom is 0.195 e. The van der Waals surface area contributed by atoms with Gasteiger partial charge >= 0.3 is 0 Å². The maximum absolute atomic E-state index is 5.29. The highest BCUT2D eigenvalue weighted by atomic mass is 127. The first-order valence-corrected chi connectivity index (χ1v) is 7.02. The van der Waals surface area contributed by atoms with Crippen molar-refractivity contribution >= 4 is 35.6 Å². The van der Waals surface area contributed by atoms with Crippen molar-refractivity contribution < 1.29 is 9.47 Å². The maximum atomic E-state index is 5.29. The lowest BCUT2D eigenvalue weighted by Gasteiger charge is -2.17. The summed E-state index contributed by atoms with van der Waals surface area (Å²) >= 11 is 0. The van der Waals surface area contributed by atoms with Crippen molar-refractivity contribution in [2.75, 3.05) is 53.3 Å². The van der Waals surface area contributed by atoms with Gasteiger partial charge in [-0.2, -0.15) is 0 Å². The van der Waals surface area contributed by atoms with Gasteiger partial charge in [-0.05, 0) is 25.7 Å². The normalized spacial score (nSPS) is 10.9.